The number of aromatic nitrogens is 2. The molecule has 2 saturated carbocycles. The van der Waals surface area contributed by atoms with Crippen LogP contribution in [0.1, 0.15) is 54.2 Å². The fourth-order valence-corrected chi connectivity index (χ4v) is 3.14. The van der Waals surface area contributed by atoms with Crippen molar-refractivity contribution in [3.05, 3.63) is 17.6 Å². The summed E-state index contributed by atoms with van der Waals surface area (Å²) in [5.41, 5.74) is 5.79. The van der Waals surface area contributed by atoms with Crippen molar-refractivity contribution >= 4 is 11.8 Å². The van der Waals surface area contributed by atoms with E-state index in [9.17, 15) is 18.4 Å². The number of carbonyl (C=O) groups is 2. The molecule has 140 valence electrons. The number of amides is 2. The van der Waals surface area contributed by atoms with E-state index in [-0.39, 0.29) is 11.6 Å². The standard InChI is InChI=1S/C17H20F2N4O3/c18-17(19)5-12(14(20)24)23(8-17)16(25)11-6-21-13(10-3-4-10)15(22-11)26-7-9-1-2-9/h6,9-10,12H,1-5,7-8H2,(H2,20,24). The highest BCUT2D eigenvalue weighted by atomic mass is 19.3. The van der Waals surface area contributed by atoms with Gasteiger partial charge in [-0.15, -0.1) is 0 Å². The number of alkyl halides is 2. The van der Waals surface area contributed by atoms with Gasteiger partial charge in [-0.05, 0) is 31.6 Å². The van der Waals surface area contributed by atoms with Gasteiger partial charge in [-0.2, -0.15) is 0 Å². The average Bonchev–Trinajstić information content (AvgIpc) is 3.49. The molecule has 4 rings (SSSR count). The molecule has 0 aromatic carbocycles. The van der Waals surface area contributed by atoms with Crippen LogP contribution in [0.15, 0.2) is 6.20 Å². The molecule has 26 heavy (non-hydrogen) atoms. The van der Waals surface area contributed by atoms with E-state index in [0.29, 0.717) is 24.1 Å². The van der Waals surface area contributed by atoms with Crippen LogP contribution >= 0.6 is 0 Å². The van der Waals surface area contributed by atoms with E-state index in [0.717, 1.165) is 30.6 Å². The molecule has 1 aromatic heterocycles. The number of hydrogen-bond donors (Lipinski definition) is 1. The molecule has 1 atom stereocenters. The summed E-state index contributed by atoms with van der Waals surface area (Å²) in [6, 6.07) is -1.35. The van der Waals surface area contributed by atoms with Crippen LogP contribution in [-0.2, 0) is 4.79 Å². The quantitative estimate of drug-likeness (QED) is 0.822. The Morgan fingerprint density at radius 3 is 2.65 bits per heavy atom. The third-order valence-electron chi connectivity index (χ3n) is 4.96. The number of likely N-dealkylation sites (tertiary alicyclic amines) is 1. The highest BCUT2D eigenvalue weighted by Crippen LogP contribution is 2.43. The molecule has 0 bridgehead atoms. The van der Waals surface area contributed by atoms with Gasteiger partial charge in [0, 0.05) is 12.3 Å². The van der Waals surface area contributed by atoms with E-state index in [1.54, 1.807) is 0 Å². The Morgan fingerprint density at radius 2 is 2.04 bits per heavy atom. The zero-order valence-corrected chi connectivity index (χ0v) is 14.2. The minimum atomic E-state index is -3.15. The molecule has 1 aromatic rings. The first-order valence-electron chi connectivity index (χ1n) is 8.82. The molecule has 2 aliphatic carbocycles. The van der Waals surface area contributed by atoms with Crippen molar-refractivity contribution in [2.24, 2.45) is 11.7 Å². The molecular weight excluding hydrogens is 346 g/mol. The van der Waals surface area contributed by atoms with E-state index in [2.05, 4.69) is 9.97 Å². The number of primary amides is 1. The van der Waals surface area contributed by atoms with Gasteiger partial charge in [0.15, 0.2) is 5.69 Å². The fraction of sp³-hybridized carbons (Fsp3) is 0.647. The maximum absolute atomic E-state index is 13.7. The van der Waals surface area contributed by atoms with E-state index in [1.807, 2.05) is 0 Å². The van der Waals surface area contributed by atoms with Crippen molar-refractivity contribution in [1.29, 1.82) is 0 Å². The lowest BCUT2D eigenvalue weighted by Gasteiger charge is -2.21. The second-order valence-corrected chi connectivity index (χ2v) is 7.39. The molecule has 7 nitrogen and oxygen atoms in total. The Kier molecular flexibility index (Phi) is 4.04. The number of nitrogens with two attached hydrogens (primary N) is 1. The number of halogens is 2. The molecule has 9 heteroatoms. The fourth-order valence-electron chi connectivity index (χ4n) is 3.14. The second kappa shape index (κ2) is 6.14. The Hall–Kier alpha value is -2.32. The molecule has 1 saturated heterocycles. The van der Waals surface area contributed by atoms with Gasteiger partial charge in [-0.3, -0.25) is 14.6 Å². The van der Waals surface area contributed by atoms with Crippen LogP contribution in [0.3, 0.4) is 0 Å². The van der Waals surface area contributed by atoms with E-state index in [1.165, 1.54) is 6.20 Å². The van der Waals surface area contributed by atoms with Crippen LogP contribution in [0, 0.1) is 5.92 Å². The Morgan fingerprint density at radius 1 is 1.31 bits per heavy atom. The summed E-state index contributed by atoms with van der Waals surface area (Å²) in [6.45, 7) is -0.346. The average molecular weight is 366 g/mol. The number of ether oxygens (including phenoxy) is 1. The van der Waals surface area contributed by atoms with Gasteiger partial charge in [-0.1, -0.05) is 0 Å². The zero-order valence-electron chi connectivity index (χ0n) is 14.2. The van der Waals surface area contributed by atoms with E-state index < -0.39 is 36.7 Å². The van der Waals surface area contributed by atoms with Gasteiger partial charge in [0.1, 0.15) is 11.7 Å². The van der Waals surface area contributed by atoms with Crippen molar-refractivity contribution in [2.45, 2.75) is 50.0 Å². The Labute approximate surface area is 148 Å². The second-order valence-electron chi connectivity index (χ2n) is 7.39. The van der Waals surface area contributed by atoms with Crippen molar-refractivity contribution < 1.29 is 23.1 Å². The van der Waals surface area contributed by atoms with Gasteiger partial charge in [0.2, 0.25) is 11.8 Å². The van der Waals surface area contributed by atoms with Gasteiger partial charge in [0.25, 0.3) is 11.8 Å². The highest BCUT2D eigenvalue weighted by Gasteiger charge is 2.50. The Balaban J connectivity index is 1.58. The van der Waals surface area contributed by atoms with Crippen molar-refractivity contribution in [2.75, 3.05) is 13.2 Å². The molecule has 0 radical (unpaired) electrons. The van der Waals surface area contributed by atoms with Gasteiger partial charge < -0.3 is 15.4 Å². The van der Waals surface area contributed by atoms with Gasteiger partial charge >= 0.3 is 0 Å². The van der Waals surface area contributed by atoms with Crippen LogP contribution in [0.5, 0.6) is 5.88 Å². The first kappa shape index (κ1) is 17.1. The molecule has 1 aliphatic heterocycles. The lowest BCUT2D eigenvalue weighted by molar-refractivity contribution is -0.121. The number of carbonyl (C=O) groups excluding carboxylic acids is 2. The third-order valence-corrected chi connectivity index (χ3v) is 4.96. The first-order chi connectivity index (χ1) is 12.3. The SMILES string of the molecule is NC(=O)C1CC(F)(F)CN1C(=O)c1cnc(C2CC2)c(OCC2CC2)n1. The lowest BCUT2D eigenvalue weighted by atomic mass is 10.2. The predicted octanol–water partition coefficient (Wildman–Crippen LogP) is 1.48. The molecule has 2 amide bonds. The number of rotatable bonds is 6. The van der Waals surface area contributed by atoms with Crippen molar-refractivity contribution in [3.8, 4) is 5.88 Å². The molecule has 1 unspecified atom stereocenters. The molecular formula is C17H20F2N4O3. The van der Waals surface area contributed by atoms with Gasteiger partial charge in [0.05, 0.1) is 19.3 Å². The molecule has 3 aliphatic rings. The lowest BCUT2D eigenvalue weighted by Crippen LogP contribution is -2.44. The third kappa shape index (κ3) is 3.47. The highest BCUT2D eigenvalue weighted by molar-refractivity contribution is 5.96. The van der Waals surface area contributed by atoms with Crippen LogP contribution in [0.2, 0.25) is 0 Å². The van der Waals surface area contributed by atoms with Crippen LogP contribution < -0.4 is 10.5 Å². The molecule has 0 spiro atoms. The summed E-state index contributed by atoms with van der Waals surface area (Å²) in [5.74, 6) is -3.82. The van der Waals surface area contributed by atoms with Crippen LogP contribution in [0.25, 0.3) is 0 Å². The van der Waals surface area contributed by atoms with Crippen molar-refractivity contribution in [1.82, 2.24) is 14.9 Å². The predicted molar refractivity (Wildman–Crippen MR) is 85.8 cm³/mol. The molecule has 2 N–H and O–H groups in total. The topological polar surface area (TPSA) is 98.4 Å². The number of hydrogen-bond acceptors (Lipinski definition) is 5. The molecule has 3 fully saturated rings. The summed E-state index contributed by atoms with van der Waals surface area (Å²) >= 11 is 0. The maximum atomic E-state index is 13.7. The normalized spacial score (nSPS) is 24.5. The van der Waals surface area contributed by atoms with Gasteiger partial charge in [-0.25, -0.2) is 13.8 Å². The monoisotopic (exact) mass is 366 g/mol. The zero-order chi connectivity index (χ0) is 18.5. The van der Waals surface area contributed by atoms with Crippen LogP contribution in [0.4, 0.5) is 8.78 Å². The van der Waals surface area contributed by atoms with Crippen LogP contribution in [-0.4, -0.2) is 51.8 Å². The maximum Gasteiger partial charge on any atom is 0.275 e. The summed E-state index contributed by atoms with van der Waals surface area (Å²) in [5, 5.41) is 0. The van der Waals surface area contributed by atoms with Crippen molar-refractivity contribution in [3.63, 3.8) is 0 Å². The van der Waals surface area contributed by atoms with E-state index in [4.69, 9.17) is 10.5 Å². The first-order valence-corrected chi connectivity index (χ1v) is 8.82. The smallest absolute Gasteiger partial charge is 0.275 e. The summed E-state index contributed by atoms with van der Waals surface area (Å²) in [6.07, 6.45) is 4.69. The number of nitrogens with zero attached hydrogens (tertiary/aromatic N) is 3. The Bertz CT molecular complexity index is 750. The van der Waals surface area contributed by atoms with E-state index >= 15 is 0 Å². The summed E-state index contributed by atoms with van der Waals surface area (Å²) < 4.78 is 33.1. The summed E-state index contributed by atoms with van der Waals surface area (Å²) in [7, 11) is 0. The largest absolute Gasteiger partial charge is 0.476 e. The minimum absolute atomic E-state index is 0.107. The molecule has 2 heterocycles. The minimum Gasteiger partial charge on any atom is -0.476 e. The summed E-state index contributed by atoms with van der Waals surface area (Å²) in [4.78, 5) is 33.5.